The zero-order chi connectivity index (χ0) is 13.8. The van der Waals surface area contributed by atoms with Crippen LogP contribution in [0.15, 0.2) is 16.7 Å². The topological polar surface area (TPSA) is 92.9 Å². The first-order valence-corrected chi connectivity index (χ1v) is 5.82. The highest BCUT2D eigenvalue weighted by Gasteiger charge is 2.10. The fourth-order valence-corrected chi connectivity index (χ4v) is 1.60. The van der Waals surface area contributed by atoms with Crippen LogP contribution in [-0.4, -0.2) is 28.1 Å². The van der Waals surface area contributed by atoms with Gasteiger partial charge in [0.1, 0.15) is 5.82 Å². The predicted molar refractivity (Wildman–Crippen MR) is 68.7 cm³/mol. The van der Waals surface area contributed by atoms with Gasteiger partial charge in [-0.25, -0.2) is 4.98 Å². The van der Waals surface area contributed by atoms with E-state index in [0.29, 0.717) is 23.1 Å². The summed E-state index contributed by atoms with van der Waals surface area (Å²) in [5.74, 6) is 1.36. The third-order valence-electron chi connectivity index (χ3n) is 2.44. The van der Waals surface area contributed by atoms with Gasteiger partial charge in [0.2, 0.25) is 5.89 Å². The molecule has 0 fully saturated rings. The van der Waals surface area contributed by atoms with Crippen molar-refractivity contribution in [3.63, 3.8) is 0 Å². The van der Waals surface area contributed by atoms with Crippen molar-refractivity contribution in [1.29, 1.82) is 0 Å². The summed E-state index contributed by atoms with van der Waals surface area (Å²) < 4.78 is 4.92. The van der Waals surface area contributed by atoms with Crippen molar-refractivity contribution in [2.24, 2.45) is 0 Å². The largest absolute Gasteiger partial charge is 0.373 e. The summed E-state index contributed by atoms with van der Waals surface area (Å²) in [5, 5.41) is 9.28. The van der Waals surface area contributed by atoms with E-state index in [1.165, 1.54) is 0 Å². The number of amides is 1. The van der Waals surface area contributed by atoms with Crippen LogP contribution in [0.25, 0.3) is 0 Å². The van der Waals surface area contributed by atoms with Gasteiger partial charge < -0.3 is 15.2 Å². The van der Waals surface area contributed by atoms with Crippen LogP contribution < -0.4 is 10.6 Å². The van der Waals surface area contributed by atoms with Crippen molar-refractivity contribution in [2.75, 3.05) is 12.4 Å². The van der Waals surface area contributed by atoms with Gasteiger partial charge >= 0.3 is 0 Å². The Bertz CT molecular complexity index is 594. The maximum absolute atomic E-state index is 12.0. The fraction of sp³-hybridized carbons (Fsp3) is 0.333. The van der Waals surface area contributed by atoms with E-state index in [4.69, 9.17) is 4.52 Å². The molecule has 2 rings (SSSR count). The molecule has 0 aliphatic heterocycles. The number of carbonyl (C=O) groups excluding carboxylic acids is 1. The van der Waals surface area contributed by atoms with Crippen LogP contribution in [0.2, 0.25) is 0 Å². The van der Waals surface area contributed by atoms with Gasteiger partial charge in [-0.05, 0) is 26.0 Å². The monoisotopic (exact) mass is 261 g/mol. The van der Waals surface area contributed by atoms with Gasteiger partial charge in [0.25, 0.3) is 5.91 Å². The predicted octanol–water partition coefficient (Wildman–Crippen LogP) is 1.05. The van der Waals surface area contributed by atoms with E-state index in [1.807, 2.05) is 6.92 Å². The van der Waals surface area contributed by atoms with Crippen LogP contribution in [0.3, 0.4) is 0 Å². The second kappa shape index (κ2) is 5.47. The Balaban J connectivity index is 2.05. The van der Waals surface area contributed by atoms with Crippen molar-refractivity contribution in [2.45, 2.75) is 20.4 Å². The Labute approximate surface area is 110 Å². The maximum atomic E-state index is 12.0. The second-order valence-electron chi connectivity index (χ2n) is 4.05. The third kappa shape index (κ3) is 3.27. The van der Waals surface area contributed by atoms with E-state index in [9.17, 15) is 4.79 Å². The number of nitrogens with one attached hydrogen (secondary N) is 2. The number of nitrogens with zero attached hydrogens (tertiary/aromatic N) is 3. The van der Waals surface area contributed by atoms with Gasteiger partial charge in [-0.2, -0.15) is 4.98 Å². The molecule has 0 aromatic carbocycles. The summed E-state index contributed by atoms with van der Waals surface area (Å²) in [5.41, 5.74) is 1.30. The zero-order valence-electron chi connectivity index (χ0n) is 11.0. The smallest absolute Gasteiger partial charge is 0.251 e. The summed E-state index contributed by atoms with van der Waals surface area (Å²) >= 11 is 0. The van der Waals surface area contributed by atoms with Crippen LogP contribution in [0.1, 0.15) is 27.8 Å². The van der Waals surface area contributed by atoms with Crippen molar-refractivity contribution >= 4 is 11.7 Å². The molecular formula is C12H15N5O2. The van der Waals surface area contributed by atoms with E-state index in [-0.39, 0.29) is 12.5 Å². The molecule has 7 nitrogen and oxygen atoms in total. The molecule has 19 heavy (non-hydrogen) atoms. The first-order valence-electron chi connectivity index (χ1n) is 5.82. The molecule has 0 aliphatic carbocycles. The lowest BCUT2D eigenvalue weighted by Gasteiger charge is -2.06. The highest BCUT2D eigenvalue weighted by Crippen LogP contribution is 2.09. The van der Waals surface area contributed by atoms with Gasteiger partial charge in [0.05, 0.1) is 6.54 Å². The maximum Gasteiger partial charge on any atom is 0.251 e. The molecule has 1 amide bonds. The van der Waals surface area contributed by atoms with E-state index in [2.05, 4.69) is 25.8 Å². The minimum Gasteiger partial charge on any atom is -0.373 e. The Hall–Kier alpha value is -2.44. The van der Waals surface area contributed by atoms with Crippen LogP contribution in [-0.2, 0) is 6.54 Å². The van der Waals surface area contributed by atoms with Crippen LogP contribution in [0, 0.1) is 13.8 Å². The van der Waals surface area contributed by atoms with Gasteiger partial charge in [0, 0.05) is 18.3 Å². The summed E-state index contributed by atoms with van der Waals surface area (Å²) in [6.07, 6.45) is 0. The van der Waals surface area contributed by atoms with Gasteiger partial charge in [-0.3, -0.25) is 4.79 Å². The Kier molecular flexibility index (Phi) is 3.74. The Morgan fingerprint density at radius 1 is 1.32 bits per heavy atom. The van der Waals surface area contributed by atoms with Crippen LogP contribution in [0.5, 0.6) is 0 Å². The standard InChI is InChI=1S/C12H15N5O2/c1-7-4-9(5-10(13-3)15-7)12(18)14-6-11-16-8(2)17-19-11/h4-5H,6H2,1-3H3,(H,13,15)(H,14,18). The number of anilines is 1. The number of aryl methyl sites for hydroxylation is 2. The highest BCUT2D eigenvalue weighted by atomic mass is 16.5. The number of aromatic nitrogens is 3. The molecule has 0 spiro atoms. The van der Waals surface area contributed by atoms with Crippen molar-refractivity contribution < 1.29 is 9.32 Å². The molecule has 0 aliphatic rings. The van der Waals surface area contributed by atoms with Crippen molar-refractivity contribution in [3.8, 4) is 0 Å². The highest BCUT2D eigenvalue weighted by molar-refractivity contribution is 5.94. The molecule has 0 atom stereocenters. The number of carbonyl (C=O) groups is 1. The minimum absolute atomic E-state index is 0.204. The molecule has 2 aromatic heterocycles. The Morgan fingerprint density at radius 3 is 2.74 bits per heavy atom. The molecule has 0 saturated heterocycles. The summed E-state index contributed by atoms with van der Waals surface area (Å²) in [6.45, 7) is 3.76. The van der Waals surface area contributed by atoms with Crippen molar-refractivity contribution in [3.05, 3.63) is 35.1 Å². The third-order valence-corrected chi connectivity index (χ3v) is 2.44. The van der Waals surface area contributed by atoms with Crippen LogP contribution >= 0.6 is 0 Å². The van der Waals surface area contributed by atoms with Crippen molar-refractivity contribution in [1.82, 2.24) is 20.4 Å². The SMILES string of the molecule is CNc1cc(C(=O)NCc2nc(C)no2)cc(C)n1. The Morgan fingerprint density at radius 2 is 2.11 bits per heavy atom. The molecule has 100 valence electrons. The summed E-state index contributed by atoms with van der Waals surface area (Å²) in [7, 11) is 1.75. The van der Waals surface area contributed by atoms with Gasteiger partial charge in [0.15, 0.2) is 5.82 Å². The van der Waals surface area contributed by atoms with Gasteiger partial charge in [-0.1, -0.05) is 5.16 Å². The molecular weight excluding hydrogens is 246 g/mol. The van der Waals surface area contributed by atoms with Gasteiger partial charge in [-0.15, -0.1) is 0 Å². The molecule has 0 bridgehead atoms. The van der Waals surface area contributed by atoms with E-state index < -0.39 is 0 Å². The molecule has 0 radical (unpaired) electrons. The quantitative estimate of drug-likeness (QED) is 0.854. The van der Waals surface area contributed by atoms with E-state index in [0.717, 1.165) is 5.69 Å². The average molecular weight is 261 g/mol. The lowest BCUT2D eigenvalue weighted by Crippen LogP contribution is -2.23. The molecule has 0 saturated carbocycles. The normalized spacial score (nSPS) is 10.3. The fourth-order valence-electron chi connectivity index (χ4n) is 1.60. The minimum atomic E-state index is -0.210. The first kappa shape index (κ1) is 13.0. The summed E-state index contributed by atoms with van der Waals surface area (Å²) in [4.78, 5) is 20.2. The number of rotatable bonds is 4. The number of pyridine rings is 1. The number of hydrogen-bond acceptors (Lipinski definition) is 6. The lowest BCUT2D eigenvalue weighted by atomic mass is 10.2. The molecule has 2 N–H and O–H groups in total. The first-order chi connectivity index (χ1) is 9.08. The average Bonchev–Trinajstić information content (AvgIpc) is 2.81. The molecule has 2 heterocycles. The molecule has 2 aromatic rings. The van der Waals surface area contributed by atoms with E-state index in [1.54, 1.807) is 26.1 Å². The summed E-state index contributed by atoms with van der Waals surface area (Å²) in [6, 6.07) is 3.40. The van der Waals surface area contributed by atoms with E-state index >= 15 is 0 Å². The lowest BCUT2D eigenvalue weighted by molar-refractivity contribution is 0.0946. The molecule has 0 unspecified atom stereocenters. The second-order valence-corrected chi connectivity index (χ2v) is 4.05. The zero-order valence-corrected chi connectivity index (χ0v) is 11.0. The molecule has 7 heteroatoms. The number of hydrogen-bond donors (Lipinski definition) is 2. The van der Waals surface area contributed by atoms with Crippen LogP contribution in [0.4, 0.5) is 5.82 Å².